The number of pyridine rings is 1. The smallest absolute Gasteiger partial charge is 0.254 e. The second kappa shape index (κ2) is 6.39. The first kappa shape index (κ1) is 14.8. The topological polar surface area (TPSA) is 74.8 Å². The summed E-state index contributed by atoms with van der Waals surface area (Å²) >= 11 is 0. The number of benzene rings is 1. The van der Waals surface area contributed by atoms with Crippen molar-refractivity contribution in [2.75, 3.05) is 6.54 Å². The van der Waals surface area contributed by atoms with Crippen LogP contribution < -0.4 is 0 Å². The van der Waals surface area contributed by atoms with Gasteiger partial charge in [0.2, 0.25) is 0 Å². The number of nitrogens with one attached hydrogen (secondary N) is 1. The largest absolute Gasteiger partial charge is 0.336 e. The predicted octanol–water partition coefficient (Wildman–Crippen LogP) is 2.59. The number of likely N-dealkylation sites (tertiary alicyclic amines) is 1. The van der Waals surface area contributed by atoms with Crippen LogP contribution >= 0.6 is 0 Å². The first-order chi connectivity index (χ1) is 11.8. The van der Waals surface area contributed by atoms with Crippen LogP contribution in [0.2, 0.25) is 0 Å². The lowest BCUT2D eigenvalue weighted by atomic mass is 10.0. The molecule has 1 amide bonds. The van der Waals surface area contributed by atoms with Crippen molar-refractivity contribution in [1.29, 1.82) is 0 Å². The predicted molar refractivity (Wildman–Crippen MR) is 90.5 cm³/mol. The van der Waals surface area contributed by atoms with Gasteiger partial charge in [-0.2, -0.15) is 15.4 Å². The lowest BCUT2D eigenvalue weighted by Crippen LogP contribution is -2.35. The summed E-state index contributed by atoms with van der Waals surface area (Å²) in [7, 11) is 0. The van der Waals surface area contributed by atoms with E-state index >= 15 is 0 Å². The van der Waals surface area contributed by atoms with E-state index in [0.717, 1.165) is 43.3 Å². The zero-order chi connectivity index (χ0) is 16.4. The minimum absolute atomic E-state index is 0.0946. The van der Waals surface area contributed by atoms with E-state index in [0.29, 0.717) is 11.6 Å². The van der Waals surface area contributed by atoms with Crippen LogP contribution in [0.3, 0.4) is 0 Å². The number of aromatic amines is 1. The van der Waals surface area contributed by atoms with Crippen molar-refractivity contribution in [2.24, 2.45) is 0 Å². The second-order valence-electron chi connectivity index (χ2n) is 6.22. The standard InChI is InChI=1S/C18H19N5O/c24-18(14-4-6-16-17(12-14)21-22-20-16)23-11-1-2-15(23)5-3-13-7-9-19-10-8-13/h4,6-10,12,15H,1-3,5,11H2,(H,20,21,22)/t15-/m1/s1. The molecule has 1 aliphatic heterocycles. The molecular weight excluding hydrogens is 302 g/mol. The van der Waals surface area contributed by atoms with Crippen molar-refractivity contribution in [3.05, 3.63) is 53.9 Å². The zero-order valence-corrected chi connectivity index (χ0v) is 13.4. The number of rotatable bonds is 4. The van der Waals surface area contributed by atoms with Gasteiger partial charge in [0.1, 0.15) is 11.0 Å². The number of hydrogen-bond donors (Lipinski definition) is 1. The molecule has 6 heteroatoms. The Morgan fingerprint density at radius 2 is 2.00 bits per heavy atom. The van der Waals surface area contributed by atoms with Gasteiger partial charge in [-0.05, 0) is 61.6 Å². The van der Waals surface area contributed by atoms with E-state index in [1.54, 1.807) is 0 Å². The molecule has 0 aliphatic carbocycles. The van der Waals surface area contributed by atoms with Crippen molar-refractivity contribution < 1.29 is 4.79 Å². The molecule has 0 radical (unpaired) electrons. The molecule has 1 saturated heterocycles. The van der Waals surface area contributed by atoms with Crippen LogP contribution in [-0.4, -0.2) is 43.8 Å². The summed E-state index contributed by atoms with van der Waals surface area (Å²) in [5, 5.41) is 10.7. The van der Waals surface area contributed by atoms with Crippen LogP contribution in [0.25, 0.3) is 11.0 Å². The van der Waals surface area contributed by atoms with E-state index in [1.165, 1.54) is 5.56 Å². The molecule has 24 heavy (non-hydrogen) atoms. The van der Waals surface area contributed by atoms with Gasteiger partial charge in [-0.15, -0.1) is 0 Å². The summed E-state index contributed by atoms with van der Waals surface area (Å²) in [5.74, 6) is 0.0946. The average molecular weight is 321 g/mol. The summed E-state index contributed by atoms with van der Waals surface area (Å²) < 4.78 is 0. The summed E-state index contributed by atoms with van der Waals surface area (Å²) in [6.07, 6.45) is 7.74. The van der Waals surface area contributed by atoms with Crippen molar-refractivity contribution in [1.82, 2.24) is 25.3 Å². The number of hydrogen-bond acceptors (Lipinski definition) is 4. The van der Waals surface area contributed by atoms with Gasteiger partial charge in [0.15, 0.2) is 0 Å². The molecule has 1 atom stereocenters. The number of fused-ring (bicyclic) bond motifs is 1. The van der Waals surface area contributed by atoms with Crippen LogP contribution in [0.4, 0.5) is 0 Å². The van der Waals surface area contributed by atoms with Crippen LogP contribution in [0.15, 0.2) is 42.7 Å². The van der Waals surface area contributed by atoms with E-state index in [9.17, 15) is 4.79 Å². The molecule has 0 saturated carbocycles. The number of carbonyl (C=O) groups is 1. The number of aryl methyl sites for hydroxylation is 1. The van der Waals surface area contributed by atoms with Gasteiger partial charge in [-0.1, -0.05) is 0 Å². The van der Waals surface area contributed by atoms with E-state index in [4.69, 9.17) is 0 Å². The highest BCUT2D eigenvalue weighted by atomic mass is 16.2. The second-order valence-corrected chi connectivity index (χ2v) is 6.22. The Morgan fingerprint density at radius 1 is 1.17 bits per heavy atom. The highest BCUT2D eigenvalue weighted by Gasteiger charge is 2.29. The Hall–Kier alpha value is -2.76. The third-order valence-corrected chi connectivity index (χ3v) is 4.72. The Balaban J connectivity index is 1.48. The van der Waals surface area contributed by atoms with Crippen molar-refractivity contribution in [2.45, 2.75) is 31.7 Å². The van der Waals surface area contributed by atoms with Gasteiger partial charge in [0.05, 0.1) is 0 Å². The fourth-order valence-corrected chi connectivity index (χ4v) is 3.43. The van der Waals surface area contributed by atoms with E-state index in [2.05, 4.69) is 20.4 Å². The van der Waals surface area contributed by atoms with Crippen LogP contribution in [0.1, 0.15) is 35.2 Å². The summed E-state index contributed by atoms with van der Waals surface area (Å²) in [6, 6.07) is 9.89. The van der Waals surface area contributed by atoms with Crippen molar-refractivity contribution >= 4 is 16.9 Å². The van der Waals surface area contributed by atoms with Gasteiger partial charge in [-0.25, -0.2) is 0 Å². The summed E-state index contributed by atoms with van der Waals surface area (Å²) in [4.78, 5) is 19.0. The lowest BCUT2D eigenvalue weighted by Gasteiger charge is -2.25. The first-order valence-electron chi connectivity index (χ1n) is 8.32. The van der Waals surface area contributed by atoms with Crippen molar-refractivity contribution in [3.8, 4) is 0 Å². The van der Waals surface area contributed by atoms with Gasteiger partial charge < -0.3 is 4.90 Å². The molecule has 2 aromatic heterocycles. The zero-order valence-electron chi connectivity index (χ0n) is 13.4. The van der Waals surface area contributed by atoms with Crippen LogP contribution in [0.5, 0.6) is 0 Å². The third kappa shape index (κ3) is 2.87. The molecule has 1 aromatic carbocycles. The van der Waals surface area contributed by atoms with Gasteiger partial charge in [0, 0.05) is 30.5 Å². The first-order valence-corrected chi connectivity index (χ1v) is 8.32. The molecule has 122 valence electrons. The molecule has 0 spiro atoms. The molecular formula is C18H19N5O. The number of carbonyl (C=O) groups excluding carboxylic acids is 1. The minimum atomic E-state index is 0.0946. The maximum absolute atomic E-state index is 12.9. The Morgan fingerprint density at radius 3 is 2.88 bits per heavy atom. The fraction of sp³-hybridized carbons (Fsp3) is 0.333. The monoisotopic (exact) mass is 321 g/mol. The van der Waals surface area contributed by atoms with Gasteiger partial charge in [0.25, 0.3) is 5.91 Å². The number of aromatic nitrogens is 4. The third-order valence-electron chi connectivity index (χ3n) is 4.72. The lowest BCUT2D eigenvalue weighted by molar-refractivity contribution is 0.0731. The Kier molecular flexibility index (Phi) is 3.94. The Labute approximate surface area is 139 Å². The maximum atomic E-state index is 12.9. The van der Waals surface area contributed by atoms with Gasteiger partial charge in [-0.3, -0.25) is 9.78 Å². The van der Waals surface area contributed by atoms with E-state index < -0.39 is 0 Å². The molecule has 0 bridgehead atoms. The average Bonchev–Trinajstić information content (AvgIpc) is 3.28. The highest BCUT2D eigenvalue weighted by molar-refractivity contribution is 5.97. The summed E-state index contributed by atoms with van der Waals surface area (Å²) in [5.41, 5.74) is 3.47. The van der Waals surface area contributed by atoms with Crippen LogP contribution in [0, 0.1) is 0 Å². The number of nitrogens with zero attached hydrogens (tertiary/aromatic N) is 4. The molecule has 0 unspecified atom stereocenters. The molecule has 6 nitrogen and oxygen atoms in total. The normalized spacial score (nSPS) is 17.5. The molecule has 1 aliphatic rings. The molecule has 3 aromatic rings. The Bertz CT molecular complexity index is 845. The van der Waals surface area contributed by atoms with E-state index in [-0.39, 0.29) is 5.91 Å². The quantitative estimate of drug-likeness (QED) is 0.801. The molecule has 1 N–H and O–H groups in total. The highest BCUT2D eigenvalue weighted by Crippen LogP contribution is 2.24. The molecule has 1 fully saturated rings. The van der Waals surface area contributed by atoms with E-state index in [1.807, 2.05) is 47.6 Å². The van der Waals surface area contributed by atoms with Gasteiger partial charge >= 0.3 is 0 Å². The SMILES string of the molecule is O=C(c1ccc2n[nH]nc2c1)N1CCC[C@@H]1CCc1ccncc1. The van der Waals surface area contributed by atoms with Crippen LogP contribution in [-0.2, 0) is 6.42 Å². The number of amides is 1. The minimum Gasteiger partial charge on any atom is -0.336 e. The fourth-order valence-electron chi connectivity index (χ4n) is 3.43. The molecule has 3 heterocycles. The molecule has 4 rings (SSSR count). The number of H-pyrrole nitrogens is 1. The van der Waals surface area contributed by atoms with Crippen molar-refractivity contribution in [3.63, 3.8) is 0 Å². The summed E-state index contributed by atoms with van der Waals surface area (Å²) in [6.45, 7) is 0.830. The maximum Gasteiger partial charge on any atom is 0.254 e.